The fourth-order valence-corrected chi connectivity index (χ4v) is 2.81. The average molecular weight is 316 g/mol. The molecule has 3 heterocycles. The zero-order chi connectivity index (χ0) is 16.4. The molecule has 1 N–H and O–H groups in total. The molecule has 1 saturated heterocycles. The Hall–Kier alpha value is -2.57. The number of amides is 2. The SMILES string of the molecule is Cc1occc1C(=O)N1CCC(NC(=O)c2cnn(C)c2)CC1. The van der Waals surface area contributed by atoms with Gasteiger partial charge in [-0.3, -0.25) is 14.3 Å². The molecule has 7 heteroatoms. The van der Waals surface area contributed by atoms with Gasteiger partial charge in [-0.2, -0.15) is 5.10 Å². The molecule has 0 spiro atoms. The van der Waals surface area contributed by atoms with Gasteiger partial charge in [-0.05, 0) is 25.8 Å². The first-order valence-corrected chi connectivity index (χ1v) is 7.67. The summed E-state index contributed by atoms with van der Waals surface area (Å²) in [5.74, 6) is 0.517. The van der Waals surface area contributed by atoms with Gasteiger partial charge in [-0.25, -0.2) is 0 Å². The fraction of sp³-hybridized carbons (Fsp3) is 0.438. The molecule has 0 radical (unpaired) electrons. The highest BCUT2D eigenvalue weighted by molar-refractivity contribution is 5.95. The Morgan fingerprint density at radius 2 is 2.09 bits per heavy atom. The Kier molecular flexibility index (Phi) is 4.18. The maximum absolute atomic E-state index is 12.4. The second-order valence-corrected chi connectivity index (χ2v) is 5.83. The van der Waals surface area contributed by atoms with E-state index in [4.69, 9.17) is 4.42 Å². The molecule has 1 aliphatic heterocycles. The number of rotatable bonds is 3. The molecular weight excluding hydrogens is 296 g/mol. The summed E-state index contributed by atoms with van der Waals surface area (Å²) in [6, 6.07) is 1.78. The minimum atomic E-state index is -0.117. The van der Waals surface area contributed by atoms with Gasteiger partial charge in [0.25, 0.3) is 11.8 Å². The lowest BCUT2D eigenvalue weighted by molar-refractivity contribution is 0.0696. The molecule has 0 aliphatic carbocycles. The molecule has 23 heavy (non-hydrogen) atoms. The third-order valence-electron chi connectivity index (χ3n) is 4.17. The van der Waals surface area contributed by atoms with Crippen molar-refractivity contribution >= 4 is 11.8 Å². The number of nitrogens with one attached hydrogen (secondary N) is 1. The second kappa shape index (κ2) is 6.28. The van der Waals surface area contributed by atoms with E-state index in [1.165, 1.54) is 6.26 Å². The van der Waals surface area contributed by atoms with Crippen LogP contribution in [-0.4, -0.2) is 45.6 Å². The molecule has 0 bridgehead atoms. The smallest absolute Gasteiger partial charge is 0.257 e. The molecule has 0 saturated carbocycles. The van der Waals surface area contributed by atoms with Gasteiger partial charge in [-0.15, -0.1) is 0 Å². The first-order chi connectivity index (χ1) is 11.0. The Morgan fingerprint density at radius 1 is 1.35 bits per heavy atom. The molecule has 2 aromatic heterocycles. The minimum Gasteiger partial charge on any atom is -0.469 e. The van der Waals surface area contributed by atoms with Crippen LogP contribution in [-0.2, 0) is 7.05 Å². The van der Waals surface area contributed by atoms with E-state index in [9.17, 15) is 9.59 Å². The van der Waals surface area contributed by atoms with E-state index in [1.807, 2.05) is 4.90 Å². The summed E-state index contributed by atoms with van der Waals surface area (Å²) in [7, 11) is 1.78. The van der Waals surface area contributed by atoms with E-state index in [0.29, 0.717) is 30.0 Å². The van der Waals surface area contributed by atoms with E-state index in [1.54, 1.807) is 37.1 Å². The van der Waals surface area contributed by atoms with Crippen LogP contribution in [0.1, 0.15) is 39.3 Å². The van der Waals surface area contributed by atoms with E-state index in [0.717, 1.165) is 12.8 Å². The van der Waals surface area contributed by atoms with Crippen molar-refractivity contribution in [1.82, 2.24) is 20.0 Å². The highest BCUT2D eigenvalue weighted by atomic mass is 16.3. The fourth-order valence-electron chi connectivity index (χ4n) is 2.81. The number of furan rings is 1. The predicted octanol–water partition coefficient (Wildman–Crippen LogP) is 1.36. The summed E-state index contributed by atoms with van der Waals surface area (Å²) in [6.07, 6.45) is 6.26. The van der Waals surface area contributed by atoms with E-state index >= 15 is 0 Å². The molecule has 2 amide bonds. The van der Waals surface area contributed by atoms with Gasteiger partial charge in [0.05, 0.1) is 23.6 Å². The summed E-state index contributed by atoms with van der Waals surface area (Å²) in [6.45, 7) is 3.04. The van der Waals surface area contributed by atoms with Crippen molar-refractivity contribution in [3.8, 4) is 0 Å². The van der Waals surface area contributed by atoms with E-state index in [-0.39, 0.29) is 17.9 Å². The second-order valence-electron chi connectivity index (χ2n) is 5.83. The largest absolute Gasteiger partial charge is 0.469 e. The number of hydrogen-bond acceptors (Lipinski definition) is 4. The third kappa shape index (κ3) is 3.28. The number of nitrogens with zero attached hydrogens (tertiary/aromatic N) is 3. The Labute approximate surface area is 134 Å². The van der Waals surface area contributed by atoms with Crippen LogP contribution in [0.25, 0.3) is 0 Å². The van der Waals surface area contributed by atoms with Crippen LogP contribution in [0.4, 0.5) is 0 Å². The van der Waals surface area contributed by atoms with Gasteiger partial charge in [0.1, 0.15) is 5.76 Å². The molecule has 0 unspecified atom stereocenters. The summed E-state index contributed by atoms with van der Waals surface area (Å²) in [4.78, 5) is 26.3. The molecule has 7 nitrogen and oxygen atoms in total. The lowest BCUT2D eigenvalue weighted by Crippen LogP contribution is -2.46. The van der Waals surface area contributed by atoms with Crippen LogP contribution in [0.3, 0.4) is 0 Å². The van der Waals surface area contributed by atoms with Crippen molar-refractivity contribution in [3.05, 3.63) is 41.6 Å². The van der Waals surface area contributed by atoms with E-state index in [2.05, 4.69) is 10.4 Å². The zero-order valence-corrected chi connectivity index (χ0v) is 13.3. The summed E-state index contributed by atoms with van der Waals surface area (Å²) < 4.78 is 6.79. The predicted molar refractivity (Wildman–Crippen MR) is 83.0 cm³/mol. The van der Waals surface area contributed by atoms with Gasteiger partial charge in [-0.1, -0.05) is 0 Å². The highest BCUT2D eigenvalue weighted by Gasteiger charge is 2.26. The zero-order valence-electron chi connectivity index (χ0n) is 13.3. The van der Waals surface area contributed by atoms with Crippen molar-refractivity contribution in [2.24, 2.45) is 7.05 Å². The number of likely N-dealkylation sites (tertiary alicyclic amines) is 1. The van der Waals surface area contributed by atoms with Gasteiger partial charge in [0, 0.05) is 32.4 Å². The molecule has 1 aliphatic rings. The molecule has 122 valence electrons. The monoisotopic (exact) mass is 316 g/mol. The summed E-state index contributed by atoms with van der Waals surface area (Å²) in [5.41, 5.74) is 1.17. The molecule has 0 aromatic carbocycles. The van der Waals surface area contributed by atoms with Gasteiger partial charge in [0.15, 0.2) is 0 Å². The number of aryl methyl sites for hydroxylation is 2. The molecule has 1 fully saturated rings. The Morgan fingerprint density at radius 3 is 2.65 bits per heavy atom. The van der Waals surface area contributed by atoms with Crippen molar-refractivity contribution in [2.45, 2.75) is 25.8 Å². The van der Waals surface area contributed by atoms with Crippen LogP contribution in [0.5, 0.6) is 0 Å². The molecular formula is C16H20N4O3. The minimum absolute atomic E-state index is 0.00622. The quantitative estimate of drug-likeness (QED) is 0.927. The van der Waals surface area contributed by atoms with Crippen LogP contribution in [0, 0.1) is 6.92 Å². The van der Waals surface area contributed by atoms with Gasteiger partial charge < -0.3 is 14.6 Å². The molecule has 2 aromatic rings. The van der Waals surface area contributed by atoms with Gasteiger partial charge in [0.2, 0.25) is 0 Å². The lowest BCUT2D eigenvalue weighted by atomic mass is 10.0. The maximum Gasteiger partial charge on any atom is 0.257 e. The summed E-state index contributed by atoms with van der Waals surface area (Å²) in [5, 5.41) is 7.00. The first-order valence-electron chi connectivity index (χ1n) is 7.67. The van der Waals surface area contributed by atoms with Gasteiger partial charge >= 0.3 is 0 Å². The van der Waals surface area contributed by atoms with Crippen LogP contribution in [0.15, 0.2) is 29.1 Å². The number of carbonyl (C=O) groups excluding carboxylic acids is 2. The first kappa shape index (κ1) is 15.3. The third-order valence-corrected chi connectivity index (χ3v) is 4.17. The maximum atomic E-state index is 12.4. The topological polar surface area (TPSA) is 80.4 Å². The van der Waals surface area contributed by atoms with Crippen molar-refractivity contribution in [2.75, 3.05) is 13.1 Å². The van der Waals surface area contributed by atoms with Crippen LogP contribution in [0.2, 0.25) is 0 Å². The van der Waals surface area contributed by atoms with Crippen LogP contribution >= 0.6 is 0 Å². The van der Waals surface area contributed by atoms with Crippen LogP contribution < -0.4 is 5.32 Å². The molecule has 3 rings (SSSR count). The number of hydrogen-bond donors (Lipinski definition) is 1. The highest BCUT2D eigenvalue weighted by Crippen LogP contribution is 2.17. The number of aromatic nitrogens is 2. The molecule has 0 atom stereocenters. The Balaban J connectivity index is 1.53. The number of piperidine rings is 1. The lowest BCUT2D eigenvalue weighted by Gasteiger charge is -2.32. The van der Waals surface area contributed by atoms with Crippen molar-refractivity contribution < 1.29 is 14.0 Å². The summed E-state index contributed by atoms with van der Waals surface area (Å²) >= 11 is 0. The van der Waals surface area contributed by atoms with Crippen molar-refractivity contribution in [3.63, 3.8) is 0 Å². The standard InChI is InChI=1S/C16H20N4O3/c1-11-14(5-8-23-11)16(22)20-6-3-13(4-7-20)18-15(21)12-9-17-19(2)10-12/h5,8-10,13H,3-4,6-7H2,1-2H3,(H,18,21). The van der Waals surface area contributed by atoms with E-state index < -0.39 is 0 Å². The normalized spacial score (nSPS) is 15.7. The Bertz CT molecular complexity index is 710. The number of carbonyl (C=O) groups is 2. The average Bonchev–Trinajstić information content (AvgIpc) is 3.16. The van der Waals surface area contributed by atoms with Crippen molar-refractivity contribution in [1.29, 1.82) is 0 Å².